The van der Waals surface area contributed by atoms with Crippen molar-refractivity contribution >= 4 is 17.8 Å². The lowest BCUT2D eigenvalue weighted by Crippen LogP contribution is -2.52. The molecule has 7 heteroatoms. The maximum absolute atomic E-state index is 10.9. The van der Waals surface area contributed by atoms with Crippen LogP contribution in [0.3, 0.4) is 0 Å². The van der Waals surface area contributed by atoms with Crippen LogP contribution in [0.4, 0.5) is 0 Å². The van der Waals surface area contributed by atoms with Gasteiger partial charge in [0.25, 0.3) is 0 Å². The van der Waals surface area contributed by atoms with Gasteiger partial charge in [0.15, 0.2) is 0 Å². The largest absolute Gasteiger partial charge is 0.480 e. The third-order valence-corrected chi connectivity index (χ3v) is 1.29. The molecule has 14 heavy (non-hydrogen) atoms. The standard InChI is InChI=1S/C7H13N3O4/c8-2-1-5(11)9-3-6(12)10-4-7(13)14/h1-4,8H2,(H,9,11)(H,10,12)(H,13,14)/p+1. The Morgan fingerprint density at radius 3 is 2.14 bits per heavy atom. The maximum atomic E-state index is 10.9. The van der Waals surface area contributed by atoms with E-state index >= 15 is 0 Å². The van der Waals surface area contributed by atoms with Crippen LogP contribution in [0, 0.1) is 0 Å². The third kappa shape index (κ3) is 7.04. The lowest BCUT2D eigenvalue weighted by Gasteiger charge is -2.03. The molecule has 0 aliphatic heterocycles. The summed E-state index contributed by atoms with van der Waals surface area (Å²) in [4.78, 5) is 31.7. The third-order valence-electron chi connectivity index (χ3n) is 1.29. The summed E-state index contributed by atoms with van der Waals surface area (Å²) >= 11 is 0. The number of carboxylic acid groups (broad SMARTS) is 1. The van der Waals surface area contributed by atoms with Gasteiger partial charge in [-0.05, 0) is 0 Å². The second-order valence-corrected chi connectivity index (χ2v) is 2.55. The number of quaternary nitrogens is 1. The van der Waals surface area contributed by atoms with E-state index in [9.17, 15) is 14.4 Å². The van der Waals surface area contributed by atoms with Crippen LogP contribution in [-0.4, -0.2) is 42.5 Å². The van der Waals surface area contributed by atoms with E-state index in [1.165, 1.54) is 0 Å². The Morgan fingerprint density at radius 1 is 1.07 bits per heavy atom. The molecule has 0 aliphatic rings. The van der Waals surface area contributed by atoms with Gasteiger partial charge in [-0.3, -0.25) is 14.4 Å². The van der Waals surface area contributed by atoms with E-state index in [2.05, 4.69) is 16.4 Å². The highest BCUT2D eigenvalue weighted by molar-refractivity contribution is 5.86. The van der Waals surface area contributed by atoms with Gasteiger partial charge in [-0.1, -0.05) is 0 Å². The zero-order valence-corrected chi connectivity index (χ0v) is 7.71. The smallest absolute Gasteiger partial charge is 0.322 e. The molecule has 0 spiro atoms. The highest BCUT2D eigenvalue weighted by Gasteiger charge is 2.05. The van der Waals surface area contributed by atoms with Gasteiger partial charge in [-0.15, -0.1) is 0 Å². The summed E-state index contributed by atoms with van der Waals surface area (Å²) < 4.78 is 0. The van der Waals surface area contributed by atoms with E-state index in [0.29, 0.717) is 6.54 Å². The van der Waals surface area contributed by atoms with Gasteiger partial charge >= 0.3 is 5.97 Å². The first kappa shape index (κ1) is 12.4. The first-order valence-electron chi connectivity index (χ1n) is 4.10. The van der Waals surface area contributed by atoms with Crippen LogP contribution in [0.2, 0.25) is 0 Å². The van der Waals surface area contributed by atoms with Crippen molar-refractivity contribution in [3.63, 3.8) is 0 Å². The van der Waals surface area contributed by atoms with Gasteiger partial charge in [-0.2, -0.15) is 0 Å². The molecule has 7 nitrogen and oxygen atoms in total. The van der Waals surface area contributed by atoms with Crippen molar-refractivity contribution in [2.45, 2.75) is 6.42 Å². The topological polar surface area (TPSA) is 123 Å². The summed E-state index contributed by atoms with van der Waals surface area (Å²) in [5.41, 5.74) is 3.47. The molecular formula is C7H14N3O4+. The lowest BCUT2D eigenvalue weighted by atomic mass is 10.4. The number of rotatable bonds is 6. The van der Waals surface area contributed by atoms with E-state index in [0.717, 1.165) is 0 Å². The number of aliphatic carboxylic acids is 1. The van der Waals surface area contributed by atoms with Gasteiger partial charge in [0.05, 0.1) is 19.5 Å². The molecule has 0 radical (unpaired) electrons. The Morgan fingerprint density at radius 2 is 1.64 bits per heavy atom. The van der Waals surface area contributed by atoms with Crippen LogP contribution < -0.4 is 16.4 Å². The molecule has 0 aromatic rings. The van der Waals surface area contributed by atoms with Crippen LogP contribution in [-0.2, 0) is 14.4 Å². The number of hydrogen-bond donors (Lipinski definition) is 4. The Bertz CT molecular complexity index is 229. The lowest BCUT2D eigenvalue weighted by molar-refractivity contribution is -0.366. The van der Waals surface area contributed by atoms with Gasteiger partial charge in [-0.25, -0.2) is 0 Å². The number of amides is 2. The summed E-state index contributed by atoms with van der Waals surface area (Å²) in [5.74, 6) is -1.92. The second kappa shape index (κ2) is 6.84. The minimum Gasteiger partial charge on any atom is -0.480 e. The molecule has 0 heterocycles. The molecule has 6 N–H and O–H groups in total. The Labute approximate surface area is 80.6 Å². The van der Waals surface area contributed by atoms with Crippen LogP contribution >= 0.6 is 0 Å². The molecule has 0 aromatic heterocycles. The summed E-state index contributed by atoms with van der Waals surface area (Å²) in [7, 11) is 0. The molecular weight excluding hydrogens is 190 g/mol. The minimum absolute atomic E-state index is 0.202. The van der Waals surface area contributed by atoms with E-state index < -0.39 is 18.4 Å². The molecule has 0 atom stereocenters. The SMILES string of the molecule is [NH3+]CCC(=O)NCC(=O)NCC(=O)O. The Balaban J connectivity index is 3.53. The number of carbonyl (C=O) groups is 3. The summed E-state index contributed by atoms with van der Waals surface area (Å²) in [5, 5.41) is 12.6. The normalized spacial score (nSPS) is 9.21. The molecule has 0 aliphatic carbocycles. The van der Waals surface area contributed by atoms with Crippen LogP contribution in [0.5, 0.6) is 0 Å². The van der Waals surface area contributed by atoms with Crippen molar-refractivity contribution in [2.75, 3.05) is 19.6 Å². The fourth-order valence-corrected chi connectivity index (χ4v) is 0.665. The van der Waals surface area contributed by atoms with Gasteiger partial charge in [0, 0.05) is 0 Å². The molecule has 0 fully saturated rings. The van der Waals surface area contributed by atoms with Crippen LogP contribution in [0.15, 0.2) is 0 Å². The highest BCUT2D eigenvalue weighted by atomic mass is 16.4. The van der Waals surface area contributed by atoms with Crippen molar-refractivity contribution in [1.29, 1.82) is 0 Å². The molecule has 80 valence electrons. The first-order valence-corrected chi connectivity index (χ1v) is 4.10. The van der Waals surface area contributed by atoms with Crippen LogP contribution in [0.25, 0.3) is 0 Å². The summed E-state index contributed by atoms with van der Waals surface area (Å²) in [6.45, 7) is -0.182. The van der Waals surface area contributed by atoms with E-state index in [1.54, 1.807) is 0 Å². The number of carbonyl (C=O) groups excluding carboxylic acids is 2. The molecule has 0 saturated carbocycles. The number of carboxylic acids is 1. The fourth-order valence-electron chi connectivity index (χ4n) is 0.665. The van der Waals surface area contributed by atoms with E-state index in [-0.39, 0.29) is 18.9 Å². The monoisotopic (exact) mass is 204 g/mol. The zero-order chi connectivity index (χ0) is 11.0. The quantitative estimate of drug-likeness (QED) is 0.366. The molecule has 0 bridgehead atoms. The molecule has 2 amide bonds. The first-order chi connectivity index (χ1) is 6.56. The zero-order valence-electron chi connectivity index (χ0n) is 7.71. The van der Waals surface area contributed by atoms with E-state index in [1.807, 2.05) is 0 Å². The molecule has 0 unspecified atom stereocenters. The predicted molar refractivity (Wildman–Crippen MR) is 46.0 cm³/mol. The molecule has 0 saturated heterocycles. The van der Waals surface area contributed by atoms with Crippen molar-refractivity contribution in [3.05, 3.63) is 0 Å². The number of hydrogen-bond acceptors (Lipinski definition) is 3. The minimum atomic E-state index is -1.12. The highest BCUT2D eigenvalue weighted by Crippen LogP contribution is 1.73. The average molecular weight is 204 g/mol. The Kier molecular flexibility index (Phi) is 6.04. The molecule has 0 rings (SSSR count). The van der Waals surface area contributed by atoms with Crippen molar-refractivity contribution in [3.8, 4) is 0 Å². The second-order valence-electron chi connectivity index (χ2n) is 2.55. The van der Waals surface area contributed by atoms with Crippen molar-refractivity contribution in [1.82, 2.24) is 10.6 Å². The summed E-state index contributed by atoms with van der Waals surface area (Å²) in [6.07, 6.45) is 0.256. The predicted octanol–water partition coefficient (Wildman–Crippen LogP) is -3.06. The average Bonchev–Trinajstić information content (AvgIpc) is 2.12. The molecule has 0 aromatic carbocycles. The van der Waals surface area contributed by atoms with Crippen molar-refractivity contribution < 1.29 is 25.2 Å². The van der Waals surface area contributed by atoms with Gasteiger partial charge < -0.3 is 21.5 Å². The van der Waals surface area contributed by atoms with Crippen molar-refractivity contribution in [2.24, 2.45) is 0 Å². The van der Waals surface area contributed by atoms with Crippen LogP contribution in [0.1, 0.15) is 6.42 Å². The summed E-state index contributed by atoms with van der Waals surface area (Å²) in [6, 6.07) is 0. The van der Waals surface area contributed by atoms with E-state index in [4.69, 9.17) is 5.11 Å². The number of nitrogens with one attached hydrogen (secondary N) is 2. The van der Waals surface area contributed by atoms with Gasteiger partial charge in [0.1, 0.15) is 6.54 Å². The fraction of sp³-hybridized carbons (Fsp3) is 0.571. The maximum Gasteiger partial charge on any atom is 0.322 e. The Hall–Kier alpha value is -1.63. The van der Waals surface area contributed by atoms with Gasteiger partial charge in [0.2, 0.25) is 11.8 Å².